The standard InChI is InChI=1S/C13H18F3NO4/c1-19-7-4-9(20-2)12(10(5-7)21-3)8(18)6-11(17)13(14,15)16/h4-5,8,11,18H,6,17H2,1-3H3/t8-,11-/m0/s1. The summed E-state index contributed by atoms with van der Waals surface area (Å²) in [6, 6.07) is 0.740. The molecule has 0 radical (unpaired) electrons. The summed E-state index contributed by atoms with van der Waals surface area (Å²) in [5.74, 6) is 0.709. The van der Waals surface area contributed by atoms with E-state index in [0.29, 0.717) is 5.75 Å². The van der Waals surface area contributed by atoms with Crippen molar-refractivity contribution in [2.75, 3.05) is 21.3 Å². The Morgan fingerprint density at radius 2 is 1.57 bits per heavy atom. The quantitative estimate of drug-likeness (QED) is 0.841. The number of aliphatic hydroxyl groups is 1. The first-order valence-corrected chi connectivity index (χ1v) is 6.04. The average molecular weight is 309 g/mol. The van der Waals surface area contributed by atoms with Crippen LogP contribution in [0.2, 0.25) is 0 Å². The van der Waals surface area contributed by atoms with Gasteiger partial charge in [0, 0.05) is 18.6 Å². The predicted octanol–water partition coefficient (Wildman–Crippen LogP) is 2.03. The first kappa shape index (κ1) is 17.4. The van der Waals surface area contributed by atoms with Gasteiger partial charge in [0.2, 0.25) is 0 Å². The molecule has 0 saturated carbocycles. The fraction of sp³-hybridized carbons (Fsp3) is 0.538. The van der Waals surface area contributed by atoms with Crippen molar-refractivity contribution in [1.29, 1.82) is 0 Å². The number of aliphatic hydroxyl groups excluding tert-OH is 1. The molecule has 0 aliphatic carbocycles. The molecule has 3 N–H and O–H groups in total. The van der Waals surface area contributed by atoms with Crippen LogP contribution in [0, 0.1) is 0 Å². The smallest absolute Gasteiger partial charge is 0.403 e. The van der Waals surface area contributed by atoms with E-state index in [1.54, 1.807) is 0 Å². The summed E-state index contributed by atoms with van der Waals surface area (Å²) in [5.41, 5.74) is 5.13. The van der Waals surface area contributed by atoms with Gasteiger partial charge in [-0.25, -0.2) is 0 Å². The van der Waals surface area contributed by atoms with E-state index in [1.165, 1.54) is 33.5 Å². The molecule has 8 heteroatoms. The highest BCUT2D eigenvalue weighted by atomic mass is 19.4. The molecule has 120 valence electrons. The molecule has 0 aliphatic rings. The number of benzene rings is 1. The van der Waals surface area contributed by atoms with Crippen LogP contribution >= 0.6 is 0 Å². The number of ether oxygens (including phenoxy) is 3. The molecule has 1 aromatic carbocycles. The highest BCUT2D eigenvalue weighted by molar-refractivity contribution is 5.51. The van der Waals surface area contributed by atoms with E-state index < -0.39 is 24.7 Å². The van der Waals surface area contributed by atoms with Crippen LogP contribution in [0.4, 0.5) is 13.2 Å². The Kier molecular flexibility index (Phi) is 5.68. The van der Waals surface area contributed by atoms with Gasteiger partial charge in [-0.3, -0.25) is 0 Å². The lowest BCUT2D eigenvalue weighted by Gasteiger charge is -2.22. The average Bonchev–Trinajstić information content (AvgIpc) is 2.44. The molecule has 1 aromatic rings. The maximum absolute atomic E-state index is 12.5. The lowest BCUT2D eigenvalue weighted by Crippen LogP contribution is -2.38. The van der Waals surface area contributed by atoms with Gasteiger partial charge < -0.3 is 25.1 Å². The molecule has 1 rings (SSSR count). The molecule has 0 aliphatic heterocycles. The third-order valence-corrected chi connectivity index (χ3v) is 2.98. The summed E-state index contributed by atoms with van der Waals surface area (Å²) < 4.78 is 52.6. The first-order chi connectivity index (χ1) is 9.74. The summed E-state index contributed by atoms with van der Waals surface area (Å²) in [6.07, 6.45) is -6.78. The van der Waals surface area contributed by atoms with Gasteiger partial charge in [-0.2, -0.15) is 13.2 Å². The molecular formula is C13H18F3NO4. The second kappa shape index (κ2) is 6.86. The highest BCUT2D eigenvalue weighted by Gasteiger charge is 2.39. The van der Waals surface area contributed by atoms with Crippen LogP contribution in [0.25, 0.3) is 0 Å². The molecule has 2 atom stereocenters. The van der Waals surface area contributed by atoms with Gasteiger partial charge in [-0.15, -0.1) is 0 Å². The van der Waals surface area contributed by atoms with Crippen molar-refractivity contribution in [2.45, 2.75) is 24.7 Å². The zero-order valence-corrected chi connectivity index (χ0v) is 11.9. The minimum atomic E-state index is -4.59. The Morgan fingerprint density at radius 1 is 1.10 bits per heavy atom. The molecule has 0 spiro atoms. The molecule has 0 unspecified atom stereocenters. The molecule has 5 nitrogen and oxygen atoms in total. The Morgan fingerprint density at radius 3 is 1.90 bits per heavy atom. The van der Waals surface area contributed by atoms with E-state index in [2.05, 4.69) is 0 Å². The second-order valence-corrected chi connectivity index (χ2v) is 4.35. The Bertz CT molecular complexity index is 454. The fourth-order valence-corrected chi connectivity index (χ4v) is 1.85. The van der Waals surface area contributed by atoms with Gasteiger partial charge >= 0.3 is 6.18 Å². The minimum Gasteiger partial charge on any atom is -0.496 e. The molecular weight excluding hydrogens is 291 g/mol. The van der Waals surface area contributed by atoms with E-state index >= 15 is 0 Å². The summed E-state index contributed by atoms with van der Waals surface area (Å²) in [6.45, 7) is 0. The lowest BCUT2D eigenvalue weighted by molar-refractivity contribution is -0.154. The maximum Gasteiger partial charge on any atom is 0.403 e. The third kappa shape index (κ3) is 4.15. The predicted molar refractivity (Wildman–Crippen MR) is 69.7 cm³/mol. The minimum absolute atomic E-state index is 0.0977. The van der Waals surface area contributed by atoms with Gasteiger partial charge in [0.1, 0.15) is 23.3 Å². The van der Waals surface area contributed by atoms with E-state index in [-0.39, 0.29) is 17.1 Å². The zero-order valence-electron chi connectivity index (χ0n) is 11.9. The number of alkyl halides is 3. The number of rotatable bonds is 6. The van der Waals surface area contributed by atoms with E-state index in [1.807, 2.05) is 0 Å². The molecule has 0 heterocycles. The van der Waals surface area contributed by atoms with Crippen LogP contribution in [-0.2, 0) is 0 Å². The fourth-order valence-electron chi connectivity index (χ4n) is 1.85. The van der Waals surface area contributed by atoms with Gasteiger partial charge in [0.15, 0.2) is 0 Å². The third-order valence-electron chi connectivity index (χ3n) is 2.98. The van der Waals surface area contributed by atoms with Crippen molar-refractivity contribution >= 4 is 0 Å². The number of nitrogens with two attached hydrogens (primary N) is 1. The summed E-state index contributed by atoms with van der Waals surface area (Å²) >= 11 is 0. The molecule has 0 amide bonds. The largest absolute Gasteiger partial charge is 0.496 e. The van der Waals surface area contributed by atoms with Gasteiger partial charge in [-0.1, -0.05) is 0 Å². The molecule has 21 heavy (non-hydrogen) atoms. The van der Waals surface area contributed by atoms with Crippen molar-refractivity contribution in [1.82, 2.24) is 0 Å². The molecule has 0 bridgehead atoms. The Labute approximate surface area is 120 Å². The second-order valence-electron chi connectivity index (χ2n) is 4.35. The van der Waals surface area contributed by atoms with Crippen LogP contribution < -0.4 is 19.9 Å². The van der Waals surface area contributed by atoms with Crippen molar-refractivity contribution in [3.63, 3.8) is 0 Å². The number of hydrogen-bond donors (Lipinski definition) is 2. The van der Waals surface area contributed by atoms with Crippen molar-refractivity contribution < 1.29 is 32.5 Å². The van der Waals surface area contributed by atoms with Crippen molar-refractivity contribution in [3.05, 3.63) is 17.7 Å². The molecule has 0 fully saturated rings. The summed E-state index contributed by atoms with van der Waals surface area (Å²) in [4.78, 5) is 0. The number of methoxy groups -OCH3 is 3. The van der Waals surface area contributed by atoms with Crippen molar-refractivity contribution in [2.24, 2.45) is 5.73 Å². The van der Waals surface area contributed by atoms with Crippen LogP contribution in [0.1, 0.15) is 18.1 Å². The van der Waals surface area contributed by atoms with Gasteiger partial charge in [0.05, 0.1) is 33.0 Å². The van der Waals surface area contributed by atoms with Crippen LogP contribution in [0.15, 0.2) is 12.1 Å². The Balaban J connectivity index is 3.15. The number of hydrogen-bond acceptors (Lipinski definition) is 5. The summed E-state index contributed by atoms with van der Waals surface area (Å²) in [5, 5.41) is 10.1. The topological polar surface area (TPSA) is 73.9 Å². The molecule has 0 aromatic heterocycles. The first-order valence-electron chi connectivity index (χ1n) is 6.04. The monoisotopic (exact) mass is 309 g/mol. The molecule has 0 saturated heterocycles. The van der Waals surface area contributed by atoms with Gasteiger partial charge in [-0.05, 0) is 0 Å². The van der Waals surface area contributed by atoms with Crippen molar-refractivity contribution in [3.8, 4) is 17.2 Å². The highest BCUT2D eigenvalue weighted by Crippen LogP contribution is 2.40. The van der Waals surface area contributed by atoms with E-state index in [0.717, 1.165) is 0 Å². The lowest BCUT2D eigenvalue weighted by atomic mass is 9.99. The van der Waals surface area contributed by atoms with Gasteiger partial charge in [0.25, 0.3) is 0 Å². The number of halogens is 3. The van der Waals surface area contributed by atoms with E-state index in [4.69, 9.17) is 19.9 Å². The summed E-state index contributed by atoms with van der Waals surface area (Å²) in [7, 11) is 4.08. The van der Waals surface area contributed by atoms with Crippen LogP contribution in [-0.4, -0.2) is 38.7 Å². The maximum atomic E-state index is 12.5. The normalized spacial score (nSPS) is 14.5. The van der Waals surface area contributed by atoms with Crippen LogP contribution in [0.5, 0.6) is 17.2 Å². The Hall–Kier alpha value is -1.67. The zero-order chi connectivity index (χ0) is 16.2. The SMILES string of the molecule is COc1cc(OC)c([C@@H](O)C[C@H](N)C(F)(F)F)c(OC)c1. The van der Waals surface area contributed by atoms with E-state index in [9.17, 15) is 18.3 Å². The van der Waals surface area contributed by atoms with Crippen LogP contribution in [0.3, 0.4) is 0 Å².